The van der Waals surface area contributed by atoms with Gasteiger partial charge in [-0.05, 0) is 57.3 Å². The van der Waals surface area contributed by atoms with Crippen molar-refractivity contribution >= 4 is 5.91 Å². The highest BCUT2D eigenvalue weighted by molar-refractivity contribution is 5.79. The van der Waals surface area contributed by atoms with Crippen LogP contribution in [0.15, 0.2) is 36.0 Å². The van der Waals surface area contributed by atoms with Crippen LogP contribution in [-0.2, 0) is 11.2 Å². The van der Waals surface area contributed by atoms with Gasteiger partial charge in [-0.1, -0.05) is 17.7 Å². The molecule has 130 valence electrons. The third-order valence-corrected chi connectivity index (χ3v) is 5.45. The summed E-state index contributed by atoms with van der Waals surface area (Å²) in [6.07, 6.45) is 8.08. The number of nitrogens with zero attached hydrogens (tertiary/aromatic N) is 3. The van der Waals surface area contributed by atoms with Gasteiger partial charge in [0, 0.05) is 44.4 Å². The van der Waals surface area contributed by atoms with Crippen LogP contribution in [0.5, 0.6) is 0 Å². The molecule has 2 aliphatic heterocycles. The SMILES string of the molecule is CC(C)=CCN1CC2(CCN(CCc3ccccn3)CC2)CC1=O. The number of rotatable bonds is 5. The van der Waals surface area contributed by atoms with Crippen molar-refractivity contribution in [3.8, 4) is 0 Å². The summed E-state index contributed by atoms with van der Waals surface area (Å²) < 4.78 is 0. The van der Waals surface area contributed by atoms with Crippen LogP contribution in [-0.4, -0.2) is 53.4 Å². The van der Waals surface area contributed by atoms with Gasteiger partial charge in [0.2, 0.25) is 5.91 Å². The fourth-order valence-electron chi connectivity index (χ4n) is 3.85. The second kappa shape index (κ2) is 7.47. The number of aromatic nitrogens is 1. The summed E-state index contributed by atoms with van der Waals surface area (Å²) in [6, 6.07) is 6.12. The number of allylic oxidation sites excluding steroid dienone is 1. The average molecular weight is 327 g/mol. The van der Waals surface area contributed by atoms with Gasteiger partial charge in [-0.25, -0.2) is 0 Å². The molecule has 1 amide bonds. The highest BCUT2D eigenvalue weighted by atomic mass is 16.2. The predicted molar refractivity (Wildman–Crippen MR) is 96.7 cm³/mol. The zero-order valence-corrected chi connectivity index (χ0v) is 15.0. The van der Waals surface area contributed by atoms with E-state index in [9.17, 15) is 4.79 Å². The Kier molecular flexibility index (Phi) is 5.34. The molecule has 3 heterocycles. The molecule has 4 nitrogen and oxygen atoms in total. The number of likely N-dealkylation sites (tertiary alicyclic amines) is 2. The second-order valence-corrected chi connectivity index (χ2v) is 7.65. The van der Waals surface area contributed by atoms with E-state index in [1.165, 1.54) is 11.3 Å². The summed E-state index contributed by atoms with van der Waals surface area (Å²) in [5, 5.41) is 0. The summed E-state index contributed by atoms with van der Waals surface area (Å²) in [5.41, 5.74) is 2.68. The molecule has 0 N–H and O–H groups in total. The molecular weight excluding hydrogens is 298 g/mol. The van der Waals surface area contributed by atoms with Crippen LogP contribution in [0, 0.1) is 5.41 Å². The summed E-state index contributed by atoms with van der Waals surface area (Å²) in [7, 11) is 0. The standard InChI is InChI=1S/C20H29N3O/c1-17(2)6-12-23-16-20(15-19(23)24)8-13-22(14-9-20)11-7-18-5-3-4-10-21-18/h3-6,10H,7-9,11-16H2,1-2H3. The van der Waals surface area contributed by atoms with Gasteiger partial charge in [0.05, 0.1) is 0 Å². The van der Waals surface area contributed by atoms with E-state index in [1.807, 2.05) is 12.3 Å². The molecule has 0 saturated carbocycles. The zero-order valence-electron chi connectivity index (χ0n) is 15.0. The molecule has 0 unspecified atom stereocenters. The maximum absolute atomic E-state index is 12.3. The number of pyridine rings is 1. The number of piperidine rings is 1. The van der Waals surface area contributed by atoms with E-state index in [4.69, 9.17) is 0 Å². The number of hydrogen-bond donors (Lipinski definition) is 0. The Balaban J connectivity index is 1.48. The van der Waals surface area contributed by atoms with Crippen molar-refractivity contribution in [3.05, 3.63) is 41.7 Å². The third-order valence-electron chi connectivity index (χ3n) is 5.45. The first-order valence-corrected chi connectivity index (χ1v) is 9.10. The molecule has 0 bridgehead atoms. The van der Waals surface area contributed by atoms with E-state index < -0.39 is 0 Å². The van der Waals surface area contributed by atoms with Crippen LogP contribution in [0.25, 0.3) is 0 Å². The molecule has 2 saturated heterocycles. The van der Waals surface area contributed by atoms with Gasteiger partial charge in [0.25, 0.3) is 0 Å². The quantitative estimate of drug-likeness (QED) is 0.780. The van der Waals surface area contributed by atoms with Gasteiger partial charge in [-0.2, -0.15) is 0 Å². The lowest BCUT2D eigenvalue weighted by Gasteiger charge is -2.38. The molecule has 1 spiro atoms. The lowest BCUT2D eigenvalue weighted by atomic mass is 9.77. The fourth-order valence-corrected chi connectivity index (χ4v) is 3.85. The summed E-state index contributed by atoms with van der Waals surface area (Å²) >= 11 is 0. The average Bonchev–Trinajstić information content (AvgIpc) is 2.89. The molecule has 0 atom stereocenters. The normalized spacial score (nSPS) is 20.6. The third kappa shape index (κ3) is 4.23. The Morgan fingerprint density at radius 3 is 2.75 bits per heavy atom. The molecule has 3 rings (SSSR count). The second-order valence-electron chi connectivity index (χ2n) is 7.65. The van der Waals surface area contributed by atoms with Crippen molar-refractivity contribution < 1.29 is 4.79 Å². The summed E-state index contributed by atoms with van der Waals surface area (Å²) in [5.74, 6) is 0.342. The van der Waals surface area contributed by atoms with Gasteiger partial charge >= 0.3 is 0 Å². The molecule has 2 aliphatic rings. The Hall–Kier alpha value is -1.68. The minimum Gasteiger partial charge on any atom is -0.338 e. The highest BCUT2D eigenvalue weighted by Gasteiger charge is 2.44. The van der Waals surface area contributed by atoms with E-state index in [0.29, 0.717) is 5.91 Å². The van der Waals surface area contributed by atoms with E-state index in [-0.39, 0.29) is 5.41 Å². The first-order chi connectivity index (χ1) is 11.6. The van der Waals surface area contributed by atoms with Crippen LogP contribution >= 0.6 is 0 Å². The monoisotopic (exact) mass is 327 g/mol. The Morgan fingerprint density at radius 1 is 1.29 bits per heavy atom. The van der Waals surface area contributed by atoms with Crippen molar-refractivity contribution in [2.45, 2.75) is 39.5 Å². The molecule has 0 aliphatic carbocycles. The van der Waals surface area contributed by atoms with E-state index in [1.54, 1.807) is 0 Å². The molecule has 2 fully saturated rings. The minimum atomic E-state index is 0.230. The molecular formula is C20H29N3O. The number of amides is 1. The maximum Gasteiger partial charge on any atom is 0.223 e. The Morgan fingerprint density at radius 2 is 2.08 bits per heavy atom. The first kappa shape index (κ1) is 17.2. The van der Waals surface area contributed by atoms with Crippen molar-refractivity contribution in [2.75, 3.05) is 32.7 Å². The van der Waals surface area contributed by atoms with Crippen LogP contribution in [0.4, 0.5) is 0 Å². The number of hydrogen-bond acceptors (Lipinski definition) is 3. The predicted octanol–water partition coefficient (Wildman–Crippen LogP) is 2.90. The van der Waals surface area contributed by atoms with E-state index in [0.717, 1.165) is 58.4 Å². The van der Waals surface area contributed by atoms with Crippen molar-refractivity contribution in [1.29, 1.82) is 0 Å². The molecule has 0 aromatic carbocycles. The van der Waals surface area contributed by atoms with Crippen LogP contribution < -0.4 is 0 Å². The molecule has 0 radical (unpaired) electrons. The van der Waals surface area contributed by atoms with Crippen LogP contribution in [0.1, 0.15) is 38.8 Å². The first-order valence-electron chi connectivity index (χ1n) is 9.10. The zero-order chi connectivity index (χ0) is 17.0. The molecule has 1 aromatic heterocycles. The Bertz CT molecular complexity index is 584. The highest BCUT2D eigenvalue weighted by Crippen LogP contribution is 2.40. The van der Waals surface area contributed by atoms with Gasteiger partial charge in [-0.3, -0.25) is 9.78 Å². The van der Waals surface area contributed by atoms with Crippen molar-refractivity contribution in [2.24, 2.45) is 5.41 Å². The van der Waals surface area contributed by atoms with Crippen molar-refractivity contribution in [1.82, 2.24) is 14.8 Å². The smallest absolute Gasteiger partial charge is 0.223 e. The van der Waals surface area contributed by atoms with Gasteiger partial charge in [0.1, 0.15) is 0 Å². The molecule has 4 heteroatoms. The number of carbonyl (C=O) groups excluding carboxylic acids is 1. The van der Waals surface area contributed by atoms with E-state index in [2.05, 4.69) is 46.8 Å². The topological polar surface area (TPSA) is 36.4 Å². The maximum atomic E-state index is 12.3. The Labute approximate surface area is 145 Å². The van der Waals surface area contributed by atoms with Crippen LogP contribution in [0.2, 0.25) is 0 Å². The van der Waals surface area contributed by atoms with Gasteiger partial charge in [-0.15, -0.1) is 0 Å². The number of carbonyl (C=O) groups is 1. The molecule has 24 heavy (non-hydrogen) atoms. The minimum absolute atomic E-state index is 0.230. The van der Waals surface area contributed by atoms with E-state index >= 15 is 0 Å². The van der Waals surface area contributed by atoms with Gasteiger partial charge in [0.15, 0.2) is 0 Å². The summed E-state index contributed by atoms with van der Waals surface area (Å²) in [4.78, 5) is 21.3. The molecule has 1 aromatic rings. The lowest BCUT2D eigenvalue weighted by molar-refractivity contribution is -0.127. The van der Waals surface area contributed by atoms with Gasteiger partial charge < -0.3 is 9.80 Å². The summed E-state index contributed by atoms with van der Waals surface area (Å²) in [6.45, 7) is 9.21. The fraction of sp³-hybridized carbons (Fsp3) is 0.600. The van der Waals surface area contributed by atoms with Crippen molar-refractivity contribution in [3.63, 3.8) is 0 Å². The lowest BCUT2D eigenvalue weighted by Crippen LogP contribution is -2.42. The largest absolute Gasteiger partial charge is 0.338 e. The van der Waals surface area contributed by atoms with Crippen LogP contribution in [0.3, 0.4) is 0 Å².